The molecule has 0 aromatic heterocycles. The normalized spacial score (nSPS) is 18.1. The molecule has 2 aliphatic rings. The molecule has 0 radical (unpaired) electrons. The Kier molecular flexibility index (Phi) is 6.90. The molecular weight excluding hydrogens is 400 g/mol. The highest BCUT2D eigenvalue weighted by atomic mass is 16.2. The van der Waals surface area contributed by atoms with Crippen molar-refractivity contribution in [2.24, 2.45) is 11.7 Å². The van der Waals surface area contributed by atoms with Crippen LogP contribution in [-0.2, 0) is 11.2 Å². The molecule has 1 saturated heterocycles. The van der Waals surface area contributed by atoms with Crippen molar-refractivity contribution in [2.75, 3.05) is 38.5 Å². The number of hydrogen-bond donors (Lipinski definition) is 2. The van der Waals surface area contributed by atoms with Gasteiger partial charge in [0.05, 0.1) is 5.92 Å². The molecule has 0 saturated carbocycles. The van der Waals surface area contributed by atoms with Crippen LogP contribution in [0.15, 0.2) is 60.8 Å². The van der Waals surface area contributed by atoms with Gasteiger partial charge in [-0.05, 0) is 60.7 Å². The Balaban J connectivity index is 1.43. The van der Waals surface area contributed by atoms with Gasteiger partial charge < -0.3 is 20.9 Å². The predicted octanol–water partition coefficient (Wildman–Crippen LogP) is 3.22. The first-order chi connectivity index (χ1) is 15.6. The van der Waals surface area contributed by atoms with Crippen LogP contribution in [0, 0.1) is 5.92 Å². The fourth-order valence-electron chi connectivity index (χ4n) is 4.65. The van der Waals surface area contributed by atoms with Crippen LogP contribution in [0.3, 0.4) is 0 Å². The highest BCUT2D eigenvalue weighted by molar-refractivity contribution is 5.96. The minimum Gasteiger partial charge on any atom is -0.362 e. The summed E-state index contributed by atoms with van der Waals surface area (Å²) < 4.78 is 0. The van der Waals surface area contributed by atoms with E-state index in [1.165, 1.54) is 5.56 Å². The zero-order valence-corrected chi connectivity index (χ0v) is 18.7. The molecule has 2 aromatic carbocycles. The number of hydrogen-bond acceptors (Lipinski definition) is 4. The summed E-state index contributed by atoms with van der Waals surface area (Å²) in [6.07, 6.45) is 6.74. The molecule has 32 heavy (non-hydrogen) atoms. The number of nitrogens with one attached hydrogen (secondary N) is 1. The summed E-state index contributed by atoms with van der Waals surface area (Å²) in [6, 6.07) is 16.2. The zero-order valence-electron chi connectivity index (χ0n) is 18.7. The lowest BCUT2D eigenvalue weighted by molar-refractivity contribution is -0.130. The molecular formula is C26H32N4O2. The van der Waals surface area contributed by atoms with Gasteiger partial charge in [0.15, 0.2) is 0 Å². The van der Waals surface area contributed by atoms with Crippen molar-refractivity contribution in [2.45, 2.75) is 25.2 Å². The van der Waals surface area contributed by atoms with Crippen molar-refractivity contribution in [3.63, 3.8) is 0 Å². The summed E-state index contributed by atoms with van der Waals surface area (Å²) >= 11 is 0. The third-order valence-electron chi connectivity index (χ3n) is 6.54. The third kappa shape index (κ3) is 4.86. The van der Waals surface area contributed by atoms with Crippen LogP contribution in [0.4, 0.5) is 5.69 Å². The molecule has 0 bridgehead atoms. The summed E-state index contributed by atoms with van der Waals surface area (Å²) in [5, 5.41) is 3.19. The lowest BCUT2D eigenvalue weighted by Gasteiger charge is -2.32. The summed E-state index contributed by atoms with van der Waals surface area (Å²) in [6.45, 7) is 2.46. The van der Waals surface area contributed by atoms with Crippen LogP contribution in [0.25, 0.3) is 0 Å². The molecule has 6 heteroatoms. The lowest BCUT2D eigenvalue weighted by atomic mass is 9.89. The number of carbonyl (C=O) groups excluding carboxylic acids is 2. The van der Waals surface area contributed by atoms with Gasteiger partial charge in [0, 0.05) is 44.5 Å². The number of carbonyl (C=O) groups is 2. The second-order valence-electron chi connectivity index (χ2n) is 8.76. The molecule has 1 unspecified atom stereocenters. The Morgan fingerprint density at radius 3 is 2.59 bits per heavy atom. The van der Waals surface area contributed by atoms with Crippen molar-refractivity contribution in [1.82, 2.24) is 9.80 Å². The molecule has 2 aliphatic heterocycles. The Labute approximate surface area is 190 Å². The van der Waals surface area contributed by atoms with E-state index in [1.54, 1.807) is 18.1 Å². The lowest BCUT2D eigenvalue weighted by Crippen LogP contribution is -2.39. The number of nitrogens with two attached hydrogens (primary N) is 1. The maximum atomic E-state index is 13.2. The summed E-state index contributed by atoms with van der Waals surface area (Å²) in [4.78, 5) is 29.8. The van der Waals surface area contributed by atoms with Crippen molar-refractivity contribution < 1.29 is 9.59 Å². The van der Waals surface area contributed by atoms with Crippen LogP contribution >= 0.6 is 0 Å². The van der Waals surface area contributed by atoms with Gasteiger partial charge in [-0.3, -0.25) is 9.59 Å². The molecule has 4 rings (SSSR count). The first kappa shape index (κ1) is 22.1. The number of likely N-dealkylation sites (N-methyl/N-ethyl adjacent to an activating group) is 1. The third-order valence-corrected chi connectivity index (χ3v) is 6.54. The number of benzene rings is 2. The van der Waals surface area contributed by atoms with Gasteiger partial charge in [-0.2, -0.15) is 0 Å². The molecule has 2 heterocycles. The minimum atomic E-state index is -0.410. The number of amides is 2. The maximum Gasteiger partial charge on any atom is 0.253 e. The summed E-state index contributed by atoms with van der Waals surface area (Å²) in [5.74, 6) is 0.231. The first-order valence-electron chi connectivity index (χ1n) is 11.4. The van der Waals surface area contributed by atoms with E-state index in [9.17, 15) is 9.59 Å². The summed E-state index contributed by atoms with van der Waals surface area (Å²) in [5.41, 5.74) is 9.33. The zero-order chi connectivity index (χ0) is 22.5. The molecule has 6 nitrogen and oxygen atoms in total. The quantitative estimate of drug-likeness (QED) is 0.735. The van der Waals surface area contributed by atoms with Gasteiger partial charge in [-0.25, -0.2) is 0 Å². The van der Waals surface area contributed by atoms with Crippen molar-refractivity contribution in [3.05, 3.63) is 77.5 Å². The number of anilines is 1. The Morgan fingerprint density at radius 1 is 1.12 bits per heavy atom. The molecule has 3 N–H and O–H groups in total. The number of fused-ring (bicyclic) bond motifs is 1. The van der Waals surface area contributed by atoms with Gasteiger partial charge in [0.2, 0.25) is 5.91 Å². The Hall–Kier alpha value is -3.12. The standard InChI is InChI=1S/C26H32N4O2/c1-29(16-12-27)26(32)22-9-13-28-24-8-7-21(18-23(22)24)25(31)30-14-10-20(11-15-30)17-19-5-3-2-4-6-19/h2-9,13,18,20,22,28H,10-12,14-17,27H2,1H3. The second-order valence-corrected chi connectivity index (χ2v) is 8.76. The number of piperidine rings is 1. The monoisotopic (exact) mass is 432 g/mol. The average molecular weight is 433 g/mol. The molecule has 1 atom stereocenters. The van der Waals surface area contributed by atoms with E-state index >= 15 is 0 Å². The van der Waals surface area contributed by atoms with Gasteiger partial charge in [0.1, 0.15) is 0 Å². The van der Waals surface area contributed by atoms with E-state index < -0.39 is 5.92 Å². The summed E-state index contributed by atoms with van der Waals surface area (Å²) in [7, 11) is 1.76. The molecule has 168 valence electrons. The SMILES string of the molecule is CN(CCN)C(=O)C1C=CNc2ccc(C(=O)N3CCC(Cc4ccccc4)CC3)cc21. The molecule has 1 fully saturated rings. The van der Waals surface area contributed by atoms with Crippen LogP contribution in [0.1, 0.15) is 40.2 Å². The topological polar surface area (TPSA) is 78.7 Å². The van der Waals surface area contributed by atoms with E-state index in [0.29, 0.717) is 24.6 Å². The number of rotatable bonds is 6. The van der Waals surface area contributed by atoms with Crippen molar-refractivity contribution >= 4 is 17.5 Å². The van der Waals surface area contributed by atoms with Crippen LogP contribution in [0.5, 0.6) is 0 Å². The van der Waals surface area contributed by atoms with Gasteiger partial charge >= 0.3 is 0 Å². The maximum absolute atomic E-state index is 13.2. The van der Waals surface area contributed by atoms with Gasteiger partial charge in [-0.15, -0.1) is 0 Å². The van der Waals surface area contributed by atoms with Crippen molar-refractivity contribution in [1.29, 1.82) is 0 Å². The van der Waals surface area contributed by atoms with Crippen LogP contribution < -0.4 is 11.1 Å². The van der Waals surface area contributed by atoms with Crippen molar-refractivity contribution in [3.8, 4) is 0 Å². The van der Waals surface area contributed by atoms with E-state index in [-0.39, 0.29) is 11.8 Å². The number of nitrogens with zero attached hydrogens (tertiary/aromatic N) is 2. The van der Waals surface area contributed by atoms with E-state index in [4.69, 9.17) is 5.73 Å². The fourth-order valence-corrected chi connectivity index (χ4v) is 4.65. The van der Waals surface area contributed by atoms with Gasteiger partial charge in [-0.1, -0.05) is 36.4 Å². The van der Waals surface area contributed by atoms with Crippen LogP contribution in [0.2, 0.25) is 0 Å². The first-order valence-corrected chi connectivity index (χ1v) is 11.4. The Morgan fingerprint density at radius 2 is 1.88 bits per heavy atom. The average Bonchev–Trinajstić information content (AvgIpc) is 2.83. The smallest absolute Gasteiger partial charge is 0.253 e. The molecule has 0 aliphatic carbocycles. The van der Waals surface area contributed by atoms with Gasteiger partial charge in [0.25, 0.3) is 5.91 Å². The second kappa shape index (κ2) is 10.0. The largest absolute Gasteiger partial charge is 0.362 e. The number of likely N-dealkylation sites (tertiary alicyclic amines) is 1. The van der Waals surface area contributed by atoms with Crippen LogP contribution in [-0.4, -0.2) is 54.8 Å². The highest BCUT2D eigenvalue weighted by Gasteiger charge is 2.28. The minimum absolute atomic E-state index is 0.0132. The van der Waals surface area contributed by atoms with E-state index in [1.807, 2.05) is 35.2 Å². The van der Waals surface area contributed by atoms with E-state index in [0.717, 1.165) is 43.6 Å². The molecule has 2 aromatic rings. The fraction of sp³-hybridized carbons (Fsp3) is 0.385. The molecule has 0 spiro atoms. The Bertz CT molecular complexity index is 981. The highest BCUT2D eigenvalue weighted by Crippen LogP contribution is 2.32. The van der Waals surface area contributed by atoms with E-state index in [2.05, 4.69) is 29.6 Å². The molecule has 2 amide bonds. The predicted molar refractivity (Wildman–Crippen MR) is 127 cm³/mol.